The molecule has 1 atom stereocenters. The van der Waals surface area contributed by atoms with Gasteiger partial charge in [-0.1, -0.05) is 38.5 Å². The molecule has 0 spiro atoms. The van der Waals surface area contributed by atoms with E-state index in [9.17, 15) is 9.90 Å². The molecule has 0 rings (SSSR count). The van der Waals surface area contributed by atoms with Crippen LogP contribution in [-0.4, -0.2) is 22.3 Å². The lowest BCUT2D eigenvalue weighted by Gasteiger charge is -2.05. The topological polar surface area (TPSA) is 81.3 Å². The van der Waals surface area contributed by atoms with Crippen LogP contribution in [0.15, 0.2) is 11.6 Å². The van der Waals surface area contributed by atoms with Crippen molar-refractivity contribution in [3.05, 3.63) is 11.6 Å². The summed E-state index contributed by atoms with van der Waals surface area (Å²) < 4.78 is 0. The lowest BCUT2D eigenvalue weighted by molar-refractivity contribution is -0.137. The number of allylic oxidation sites excluding steroid dienone is 1. The minimum atomic E-state index is -0.713. The number of unbranched alkanes of at least 4 members (excludes halogenated alkanes) is 6. The van der Waals surface area contributed by atoms with Gasteiger partial charge in [-0.3, -0.25) is 4.79 Å². The van der Waals surface area contributed by atoms with E-state index in [2.05, 4.69) is 0 Å². The Morgan fingerprint density at radius 2 is 1.68 bits per heavy atom. The number of aliphatic hydroxyl groups excluding tert-OH is 1. The lowest BCUT2D eigenvalue weighted by Crippen LogP contribution is -2.02. The molecule has 0 saturated carbocycles. The molecule has 0 heterocycles. The van der Waals surface area contributed by atoms with Crippen molar-refractivity contribution in [2.45, 2.75) is 70.8 Å². The number of carboxylic acid groups (broad SMARTS) is 1. The van der Waals surface area contributed by atoms with Crippen LogP contribution >= 0.6 is 0 Å². The highest BCUT2D eigenvalue weighted by molar-refractivity contribution is 5.66. The summed E-state index contributed by atoms with van der Waals surface area (Å²) >= 11 is 0. The Balaban J connectivity index is 3.32. The number of aliphatic hydroxyl groups is 1. The molecule has 19 heavy (non-hydrogen) atoms. The standard InChI is InChI=1S/C15H25NO3/c1-13(12-16)11-14(17)9-7-5-3-2-4-6-8-10-15(18)19/h11,14,17H,2-10H2,1H3,(H,18,19)/b13-11+/t14-/m1/s1. The third-order valence-corrected chi connectivity index (χ3v) is 3.01. The molecule has 0 aliphatic rings. The number of hydrogen-bond donors (Lipinski definition) is 2. The molecule has 0 aromatic carbocycles. The number of carbonyl (C=O) groups is 1. The predicted molar refractivity (Wildman–Crippen MR) is 74.6 cm³/mol. The van der Waals surface area contributed by atoms with E-state index in [4.69, 9.17) is 10.4 Å². The maximum atomic E-state index is 10.3. The van der Waals surface area contributed by atoms with Gasteiger partial charge in [0.25, 0.3) is 0 Å². The summed E-state index contributed by atoms with van der Waals surface area (Å²) in [4.78, 5) is 10.3. The first-order chi connectivity index (χ1) is 9.06. The third-order valence-electron chi connectivity index (χ3n) is 3.01. The summed E-state index contributed by atoms with van der Waals surface area (Å²) in [6.07, 6.45) is 9.22. The summed E-state index contributed by atoms with van der Waals surface area (Å²) in [7, 11) is 0. The van der Waals surface area contributed by atoms with Gasteiger partial charge >= 0.3 is 5.97 Å². The lowest BCUT2D eigenvalue weighted by atomic mass is 10.0. The number of rotatable bonds is 11. The second kappa shape index (κ2) is 11.7. The normalized spacial score (nSPS) is 13.0. The van der Waals surface area contributed by atoms with Gasteiger partial charge in [0.1, 0.15) is 0 Å². The zero-order valence-corrected chi connectivity index (χ0v) is 11.8. The van der Waals surface area contributed by atoms with Crippen LogP contribution in [0.4, 0.5) is 0 Å². The van der Waals surface area contributed by atoms with Crippen LogP contribution in [0.3, 0.4) is 0 Å². The summed E-state index contributed by atoms with van der Waals surface area (Å²) in [6, 6.07) is 1.99. The molecule has 108 valence electrons. The molecule has 0 radical (unpaired) electrons. The van der Waals surface area contributed by atoms with E-state index < -0.39 is 12.1 Å². The summed E-state index contributed by atoms with van der Waals surface area (Å²) in [5, 5.41) is 26.6. The Hall–Kier alpha value is -1.34. The molecule has 0 unspecified atom stereocenters. The van der Waals surface area contributed by atoms with Gasteiger partial charge in [-0.2, -0.15) is 5.26 Å². The highest BCUT2D eigenvalue weighted by atomic mass is 16.4. The van der Waals surface area contributed by atoms with Gasteiger partial charge < -0.3 is 10.2 Å². The molecule has 4 nitrogen and oxygen atoms in total. The van der Waals surface area contributed by atoms with Crippen molar-refractivity contribution in [2.24, 2.45) is 0 Å². The van der Waals surface area contributed by atoms with Gasteiger partial charge in [-0.25, -0.2) is 0 Å². The van der Waals surface area contributed by atoms with Gasteiger partial charge in [0.05, 0.1) is 12.2 Å². The molecule has 2 N–H and O–H groups in total. The molecule has 4 heteroatoms. The maximum absolute atomic E-state index is 10.3. The van der Waals surface area contributed by atoms with Gasteiger partial charge in [0.15, 0.2) is 0 Å². The molecule has 0 aliphatic carbocycles. The minimum absolute atomic E-state index is 0.275. The zero-order chi connectivity index (χ0) is 14.5. The average molecular weight is 267 g/mol. The first kappa shape index (κ1) is 17.7. The minimum Gasteiger partial charge on any atom is -0.481 e. The van der Waals surface area contributed by atoms with Crippen LogP contribution in [0.5, 0.6) is 0 Å². The first-order valence-corrected chi connectivity index (χ1v) is 7.04. The van der Waals surface area contributed by atoms with Gasteiger partial charge in [-0.15, -0.1) is 0 Å². The van der Waals surface area contributed by atoms with Crippen LogP contribution in [-0.2, 0) is 4.79 Å². The van der Waals surface area contributed by atoms with Crippen molar-refractivity contribution in [1.29, 1.82) is 5.26 Å². The van der Waals surface area contributed by atoms with Crippen LogP contribution in [0.1, 0.15) is 64.7 Å². The second-order valence-corrected chi connectivity index (χ2v) is 4.94. The Bertz CT molecular complexity index is 318. The van der Waals surface area contributed by atoms with Crippen LogP contribution in [0.2, 0.25) is 0 Å². The Morgan fingerprint density at radius 1 is 1.16 bits per heavy atom. The second-order valence-electron chi connectivity index (χ2n) is 4.94. The Kier molecular flexibility index (Phi) is 10.9. The predicted octanol–water partition coefficient (Wildman–Crippen LogP) is 3.41. The summed E-state index contributed by atoms with van der Waals surface area (Å²) in [5.41, 5.74) is 0.561. The van der Waals surface area contributed by atoms with Crippen molar-refractivity contribution in [1.82, 2.24) is 0 Å². The first-order valence-electron chi connectivity index (χ1n) is 7.04. The van der Waals surface area contributed by atoms with Crippen LogP contribution in [0.25, 0.3) is 0 Å². The van der Waals surface area contributed by atoms with Crippen molar-refractivity contribution in [3.8, 4) is 6.07 Å². The highest BCUT2D eigenvalue weighted by Crippen LogP contribution is 2.11. The van der Waals surface area contributed by atoms with Crippen LogP contribution in [0, 0.1) is 11.3 Å². The van der Waals surface area contributed by atoms with Crippen LogP contribution < -0.4 is 0 Å². The molecule has 0 aliphatic heterocycles. The number of aliphatic carboxylic acids is 1. The van der Waals surface area contributed by atoms with Gasteiger partial charge in [-0.05, 0) is 25.8 Å². The molecule has 0 saturated heterocycles. The van der Waals surface area contributed by atoms with Crippen molar-refractivity contribution in [3.63, 3.8) is 0 Å². The van der Waals surface area contributed by atoms with E-state index in [1.165, 1.54) is 0 Å². The fraction of sp³-hybridized carbons (Fsp3) is 0.733. The largest absolute Gasteiger partial charge is 0.481 e. The highest BCUT2D eigenvalue weighted by Gasteiger charge is 2.01. The fourth-order valence-electron chi connectivity index (χ4n) is 1.92. The number of nitrogens with zero attached hydrogens (tertiary/aromatic N) is 1. The maximum Gasteiger partial charge on any atom is 0.303 e. The molecular weight excluding hydrogens is 242 g/mol. The van der Waals surface area contributed by atoms with E-state index >= 15 is 0 Å². The number of nitriles is 1. The quantitative estimate of drug-likeness (QED) is 0.444. The molecule has 0 bridgehead atoms. The van der Waals surface area contributed by atoms with Crippen molar-refractivity contribution >= 4 is 5.97 Å². The molecule has 0 aromatic heterocycles. The molecule has 0 amide bonds. The summed E-state index contributed by atoms with van der Waals surface area (Å²) in [5.74, 6) is -0.713. The van der Waals surface area contributed by atoms with E-state index in [0.717, 1.165) is 44.9 Å². The van der Waals surface area contributed by atoms with E-state index in [0.29, 0.717) is 12.0 Å². The van der Waals surface area contributed by atoms with Gasteiger partial charge in [0, 0.05) is 12.0 Å². The number of carboxylic acids is 1. The Morgan fingerprint density at radius 3 is 2.21 bits per heavy atom. The number of hydrogen-bond acceptors (Lipinski definition) is 3. The van der Waals surface area contributed by atoms with E-state index in [1.54, 1.807) is 13.0 Å². The fourth-order valence-corrected chi connectivity index (χ4v) is 1.92. The molecule has 0 aromatic rings. The molecule has 0 fully saturated rings. The third kappa shape index (κ3) is 12.9. The Labute approximate surface area is 115 Å². The molecular formula is C15H25NO3. The van der Waals surface area contributed by atoms with E-state index in [1.807, 2.05) is 6.07 Å². The average Bonchev–Trinajstić information content (AvgIpc) is 2.36. The SMILES string of the molecule is C/C(C#N)=C\[C@H](O)CCCCCCCCCC(=O)O. The summed E-state index contributed by atoms with van der Waals surface area (Å²) in [6.45, 7) is 1.69. The zero-order valence-electron chi connectivity index (χ0n) is 11.8. The monoisotopic (exact) mass is 267 g/mol. The van der Waals surface area contributed by atoms with Crippen molar-refractivity contribution in [2.75, 3.05) is 0 Å². The smallest absolute Gasteiger partial charge is 0.303 e. The van der Waals surface area contributed by atoms with Crippen molar-refractivity contribution < 1.29 is 15.0 Å². The van der Waals surface area contributed by atoms with Gasteiger partial charge in [0.2, 0.25) is 0 Å². The van der Waals surface area contributed by atoms with E-state index in [-0.39, 0.29) is 6.42 Å².